The molecule has 0 spiro atoms. The van der Waals surface area contributed by atoms with Crippen LogP contribution in [0.3, 0.4) is 0 Å². The summed E-state index contributed by atoms with van der Waals surface area (Å²) in [6, 6.07) is 5.34. The Balaban J connectivity index is 1.36. The van der Waals surface area contributed by atoms with E-state index < -0.39 is 5.97 Å². The molecule has 1 saturated carbocycles. The summed E-state index contributed by atoms with van der Waals surface area (Å²) in [5, 5.41) is 11.8. The van der Waals surface area contributed by atoms with Gasteiger partial charge in [-0.2, -0.15) is 0 Å². The fraction of sp³-hybridized carbons (Fsp3) is 0.529. The van der Waals surface area contributed by atoms with E-state index in [1.54, 1.807) is 18.2 Å². The van der Waals surface area contributed by atoms with E-state index in [4.69, 9.17) is 19.3 Å². The molecule has 7 nitrogen and oxygen atoms in total. The van der Waals surface area contributed by atoms with Gasteiger partial charge in [-0.1, -0.05) is 0 Å². The zero-order chi connectivity index (χ0) is 16.9. The van der Waals surface area contributed by atoms with Crippen LogP contribution in [0.25, 0.3) is 0 Å². The van der Waals surface area contributed by atoms with Crippen molar-refractivity contribution in [2.75, 3.05) is 19.9 Å². The van der Waals surface area contributed by atoms with Crippen LogP contribution < -0.4 is 19.5 Å². The van der Waals surface area contributed by atoms with Gasteiger partial charge in [-0.05, 0) is 37.8 Å². The molecule has 0 bridgehead atoms. The topological polar surface area (TPSA) is 94.1 Å². The number of carbonyl (C=O) groups excluding carboxylic acids is 1. The Kier molecular flexibility index (Phi) is 5.08. The molecule has 0 radical (unpaired) electrons. The Morgan fingerprint density at radius 3 is 2.58 bits per heavy atom. The quantitative estimate of drug-likeness (QED) is 0.770. The molecule has 1 aliphatic carbocycles. The molecule has 0 saturated heterocycles. The third-order valence-electron chi connectivity index (χ3n) is 4.46. The molecule has 1 heterocycles. The van der Waals surface area contributed by atoms with Gasteiger partial charge in [-0.25, -0.2) is 0 Å². The third-order valence-corrected chi connectivity index (χ3v) is 4.46. The molecule has 1 aliphatic heterocycles. The highest BCUT2D eigenvalue weighted by Gasteiger charge is 2.29. The highest BCUT2D eigenvalue weighted by atomic mass is 16.7. The second-order valence-electron chi connectivity index (χ2n) is 6.04. The van der Waals surface area contributed by atoms with Gasteiger partial charge in [0.15, 0.2) is 11.5 Å². The number of hydrogen-bond acceptors (Lipinski definition) is 5. The van der Waals surface area contributed by atoms with Gasteiger partial charge >= 0.3 is 5.97 Å². The van der Waals surface area contributed by atoms with Gasteiger partial charge in [0.05, 0.1) is 12.5 Å². The van der Waals surface area contributed by atoms with Crippen molar-refractivity contribution in [3.05, 3.63) is 18.2 Å². The van der Waals surface area contributed by atoms with Crippen LogP contribution in [0.2, 0.25) is 0 Å². The first kappa shape index (κ1) is 16.4. The van der Waals surface area contributed by atoms with Crippen LogP contribution in [-0.4, -0.2) is 36.9 Å². The number of hydrogen-bond donors (Lipinski definition) is 2. The minimum atomic E-state index is -0.758. The lowest BCUT2D eigenvalue weighted by Crippen LogP contribution is -2.36. The minimum absolute atomic E-state index is 0.0203. The number of carboxylic acid groups (broad SMARTS) is 1. The molecule has 1 fully saturated rings. The van der Waals surface area contributed by atoms with Crippen LogP contribution in [0.5, 0.6) is 17.2 Å². The van der Waals surface area contributed by atoms with E-state index in [0.717, 1.165) is 0 Å². The Labute approximate surface area is 139 Å². The van der Waals surface area contributed by atoms with E-state index in [0.29, 0.717) is 56.1 Å². The van der Waals surface area contributed by atoms with Crippen molar-refractivity contribution >= 4 is 11.9 Å². The zero-order valence-corrected chi connectivity index (χ0v) is 13.3. The summed E-state index contributed by atoms with van der Waals surface area (Å²) in [7, 11) is 0. The maximum atomic E-state index is 12.1. The molecular formula is C17H21NO6. The Morgan fingerprint density at radius 1 is 1.12 bits per heavy atom. The predicted molar refractivity (Wildman–Crippen MR) is 84.2 cm³/mol. The van der Waals surface area contributed by atoms with Gasteiger partial charge in [0.25, 0.3) is 0 Å². The summed E-state index contributed by atoms with van der Waals surface area (Å²) in [4.78, 5) is 23.0. The monoisotopic (exact) mass is 335 g/mol. The summed E-state index contributed by atoms with van der Waals surface area (Å²) in [6.45, 7) is 0.987. The Morgan fingerprint density at radius 2 is 1.83 bits per heavy atom. The van der Waals surface area contributed by atoms with Crippen molar-refractivity contribution < 1.29 is 28.9 Å². The second kappa shape index (κ2) is 7.42. The fourth-order valence-electron chi connectivity index (χ4n) is 3.06. The lowest BCUT2D eigenvalue weighted by Gasteiger charge is -2.25. The SMILES string of the molecule is O=C(O)C1CCC(C(=O)NCCOc2ccc3c(c2)OCO3)CC1. The number of carboxylic acids is 1. The molecule has 7 heteroatoms. The van der Waals surface area contributed by atoms with E-state index >= 15 is 0 Å². The molecule has 0 aromatic heterocycles. The fourth-order valence-corrected chi connectivity index (χ4v) is 3.06. The number of carbonyl (C=O) groups is 2. The van der Waals surface area contributed by atoms with Crippen LogP contribution in [0.15, 0.2) is 18.2 Å². The van der Waals surface area contributed by atoms with Crippen molar-refractivity contribution in [1.82, 2.24) is 5.32 Å². The van der Waals surface area contributed by atoms with Gasteiger partial charge in [-0.3, -0.25) is 9.59 Å². The van der Waals surface area contributed by atoms with Crippen molar-refractivity contribution in [3.8, 4) is 17.2 Å². The average molecular weight is 335 g/mol. The number of benzene rings is 1. The molecule has 1 aromatic carbocycles. The molecular weight excluding hydrogens is 314 g/mol. The van der Waals surface area contributed by atoms with Crippen molar-refractivity contribution in [1.29, 1.82) is 0 Å². The smallest absolute Gasteiger partial charge is 0.306 e. The first-order chi connectivity index (χ1) is 11.6. The van der Waals surface area contributed by atoms with Gasteiger partial charge < -0.3 is 24.6 Å². The summed E-state index contributed by atoms with van der Waals surface area (Å²) in [5.41, 5.74) is 0. The molecule has 2 aliphatic rings. The zero-order valence-electron chi connectivity index (χ0n) is 13.3. The Hall–Kier alpha value is -2.44. The van der Waals surface area contributed by atoms with Crippen LogP contribution in [-0.2, 0) is 9.59 Å². The van der Waals surface area contributed by atoms with E-state index in [-0.39, 0.29) is 24.5 Å². The van der Waals surface area contributed by atoms with Crippen LogP contribution in [0.4, 0.5) is 0 Å². The molecule has 0 unspecified atom stereocenters. The van der Waals surface area contributed by atoms with Gasteiger partial charge in [0.1, 0.15) is 12.4 Å². The number of nitrogens with one attached hydrogen (secondary N) is 1. The highest BCUT2D eigenvalue weighted by Crippen LogP contribution is 2.35. The van der Waals surface area contributed by atoms with Gasteiger partial charge in [0.2, 0.25) is 12.7 Å². The highest BCUT2D eigenvalue weighted by molar-refractivity contribution is 5.79. The summed E-state index contributed by atoms with van der Waals surface area (Å²) < 4.78 is 16.1. The van der Waals surface area contributed by atoms with Gasteiger partial charge in [-0.15, -0.1) is 0 Å². The Bertz CT molecular complexity index is 609. The standard InChI is InChI=1S/C17H21NO6/c19-16(11-1-3-12(4-2-11)17(20)21)18-7-8-22-13-5-6-14-15(9-13)24-10-23-14/h5-6,9,11-12H,1-4,7-8,10H2,(H,18,19)(H,20,21). The molecule has 2 N–H and O–H groups in total. The molecule has 24 heavy (non-hydrogen) atoms. The number of rotatable bonds is 6. The van der Waals surface area contributed by atoms with Crippen molar-refractivity contribution in [3.63, 3.8) is 0 Å². The minimum Gasteiger partial charge on any atom is -0.492 e. The third kappa shape index (κ3) is 3.90. The average Bonchev–Trinajstić information content (AvgIpc) is 3.06. The number of amides is 1. The first-order valence-electron chi connectivity index (χ1n) is 8.16. The lowest BCUT2D eigenvalue weighted by atomic mass is 9.81. The second-order valence-corrected chi connectivity index (χ2v) is 6.04. The molecule has 3 rings (SSSR count). The van der Waals surface area contributed by atoms with Crippen molar-refractivity contribution in [2.24, 2.45) is 11.8 Å². The van der Waals surface area contributed by atoms with E-state index in [2.05, 4.69) is 5.32 Å². The van der Waals surface area contributed by atoms with Gasteiger partial charge in [0, 0.05) is 12.0 Å². The van der Waals surface area contributed by atoms with Crippen molar-refractivity contribution in [2.45, 2.75) is 25.7 Å². The molecule has 1 amide bonds. The van der Waals surface area contributed by atoms with Crippen LogP contribution in [0, 0.1) is 11.8 Å². The predicted octanol–water partition coefficient (Wildman–Crippen LogP) is 1.80. The van der Waals surface area contributed by atoms with Crippen LogP contribution in [0.1, 0.15) is 25.7 Å². The molecule has 130 valence electrons. The van der Waals surface area contributed by atoms with E-state index in [1.807, 2.05) is 0 Å². The van der Waals surface area contributed by atoms with E-state index in [9.17, 15) is 9.59 Å². The number of fused-ring (bicyclic) bond motifs is 1. The lowest BCUT2D eigenvalue weighted by molar-refractivity contribution is -0.144. The number of ether oxygens (including phenoxy) is 3. The first-order valence-corrected chi connectivity index (χ1v) is 8.16. The molecule has 0 atom stereocenters. The van der Waals surface area contributed by atoms with Crippen LogP contribution >= 0.6 is 0 Å². The molecule has 1 aromatic rings. The van der Waals surface area contributed by atoms with E-state index in [1.165, 1.54) is 0 Å². The maximum absolute atomic E-state index is 12.1. The summed E-state index contributed by atoms with van der Waals surface area (Å²) in [5.74, 6) is 0.850. The largest absolute Gasteiger partial charge is 0.492 e. The maximum Gasteiger partial charge on any atom is 0.306 e. The normalized spacial score (nSPS) is 22.0. The summed E-state index contributed by atoms with van der Waals surface area (Å²) >= 11 is 0. The summed E-state index contributed by atoms with van der Waals surface area (Å²) in [6.07, 6.45) is 2.40. The number of aliphatic carboxylic acids is 1.